The maximum Gasteiger partial charge on any atom is 0.294 e. The fourth-order valence-electron chi connectivity index (χ4n) is 3.47. The number of carbonyl (C=O) groups is 4. The molecule has 3 aromatic rings. The van der Waals surface area contributed by atoms with Crippen molar-refractivity contribution in [3.05, 3.63) is 89.1 Å². The van der Waals surface area contributed by atoms with E-state index in [0.717, 1.165) is 16.7 Å². The maximum absolute atomic E-state index is 13.0. The first-order valence-electron chi connectivity index (χ1n) is 11.9. The molecule has 1 aliphatic heterocycles. The minimum absolute atomic E-state index is 0.182. The van der Waals surface area contributed by atoms with Crippen molar-refractivity contribution >= 4 is 52.2 Å². The smallest absolute Gasteiger partial charge is 0.294 e. The van der Waals surface area contributed by atoms with Crippen LogP contribution in [-0.4, -0.2) is 47.6 Å². The van der Waals surface area contributed by atoms with E-state index < -0.39 is 35.3 Å². The predicted molar refractivity (Wildman–Crippen MR) is 146 cm³/mol. The van der Waals surface area contributed by atoms with Gasteiger partial charge in [-0.15, -0.1) is 0 Å². The van der Waals surface area contributed by atoms with Crippen LogP contribution in [-0.2, 0) is 14.4 Å². The second kappa shape index (κ2) is 12.7. The summed E-state index contributed by atoms with van der Waals surface area (Å²) >= 11 is 0.747. The first kappa shape index (κ1) is 27.4. The van der Waals surface area contributed by atoms with E-state index in [0.29, 0.717) is 35.0 Å². The molecule has 9 nitrogen and oxygen atoms in total. The molecule has 0 atom stereocenters. The van der Waals surface area contributed by atoms with Gasteiger partial charge in [-0.25, -0.2) is 4.39 Å². The molecule has 4 amide bonds. The number of hydrogen-bond donors (Lipinski definition) is 2. The van der Waals surface area contributed by atoms with Crippen molar-refractivity contribution < 1.29 is 33.0 Å². The molecule has 0 radical (unpaired) electrons. The van der Waals surface area contributed by atoms with Gasteiger partial charge in [-0.05, 0) is 91.0 Å². The van der Waals surface area contributed by atoms with Crippen LogP contribution in [0.15, 0.2) is 77.7 Å². The van der Waals surface area contributed by atoms with Gasteiger partial charge in [0.2, 0.25) is 5.91 Å². The molecule has 200 valence electrons. The maximum atomic E-state index is 13.0. The van der Waals surface area contributed by atoms with Crippen LogP contribution in [0.3, 0.4) is 0 Å². The Labute approximate surface area is 228 Å². The third-order valence-corrected chi connectivity index (χ3v) is 6.21. The van der Waals surface area contributed by atoms with E-state index in [1.54, 1.807) is 54.6 Å². The van der Waals surface area contributed by atoms with Gasteiger partial charge in [0.1, 0.15) is 23.9 Å². The number of ether oxygens (including phenoxy) is 2. The molecule has 1 fully saturated rings. The molecule has 11 heteroatoms. The highest BCUT2D eigenvalue weighted by molar-refractivity contribution is 8.18. The normalized spacial score (nSPS) is 13.9. The van der Waals surface area contributed by atoms with E-state index in [9.17, 15) is 23.6 Å². The van der Waals surface area contributed by atoms with Gasteiger partial charge < -0.3 is 20.1 Å². The van der Waals surface area contributed by atoms with Crippen LogP contribution < -0.4 is 20.1 Å². The van der Waals surface area contributed by atoms with Gasteiger partial charge in [0.05, 0.1) is 11.5 Å². The second-order valence-electron chi connectivity index (χ2n) is 8.19. The van der Waals surface area contributed by atoms with E-state index in [-0.39, 0.29) is 11.5 Å². The average Bonchev–Trinajstić information content (AvgIpc) is 3.18. The van der Waals surface area contributed by atoms with Crippen LogP contribution in [0.5, 0.6) is 11.5 Å². The Morgan fingerprint density at radius 1 is 0.846 bits per heavy atom. The average molecular weight is 550 g/mol. The summed E-state index contributed by atoms with van der Waals surface area (Å²) in [7, 11) is 0. The second-order valence-corrected chi connectivity index (χ2v) is 9.18. The van der Waals surface area contributed by atoms with Gasteiger partial charge in [-0.1, -0.05) is 12.1 Å². The van der Waals surface area contributed by atoms with Crippen molar-refractivity contribution in [1.82, 2.24) is 4.90 Å². The molecule has 2 N–H and O–H groups in total. The summed E-state index contributed by atoms with van der Waals surface area (Å²) < 4.78 is 23.8. The number of benzene rings is 3. The van der Waals surface area contributed by atoms with Crippen LogP contribution in [0.2, 0.25) is 0 Å². The largest absolute Gasteiger partial charge is 0.494 e. The number of nitrogens with zero attached hydrogens (tertiary/aromatic N) is 1. The molecule has 3 aromatic carbocycles. The SMILES string of the molecule is CCOc1ccc(NC(=O)CN2C(=O)S/C(=C/c3ccc(OCC(=O)Nc4ccc(F)cc4)cc3)C2=O)cc1. The van der Waals surface area contributed by atoms with Crippen molar-refractivity contribution in [2.24, 2.45) is 0 Å². The molecule has 0 bridgehead atoms. The fraction of sp³-hybridized carbons (Fsp3) is 0.143. The lowest BCUT2D eigenvalue weighted by molar-refractivity contribution is -0.127. The van der Waals surface area contributed by atoms with Crippen molar-refractivity contribution in [2.45, 2.75) is 6.92 Å². The third-order valence-electron chi connectivity index (χ3n) is 5.30. The van der Waals surface area contributed by atoms with Gasteiger partial charge in [-0.2, -0.15) is 0 Å². The Hall–Kier alpha value is -4.64. The lowest BCUT2D eigenvalue weighted by Crippen LogP contribution is -2.36. The Bertz CT molecular complexity index is 1390. The van der Waals surface area contributed by atoms with Crippen molar-refractivity contribution in [2.75, 3.05) is 30.4 Å². The standard InChI is InChI=1S/C28H24FN3O6S/c1-2-37-22-13-9-21(10-14-22)30-25(33)16-32-27(35)24(39-28(32)36)15-18-3-11-23(12-4-18)38-17-26(34)31-20-7-5-19(29)6-8-20/h3-15H,2,16-17H2,1H3,(H,30,33)(H,31,34)/b24-15+. The van der Waals surface area contributed by atoms with E-state index in [1.807, 2.05) is 6.92 Å². The Morgan fingerprint density at radius 2 is 1.41 bits per heavy atom. The van der Waals surface area contributed by atoms with E-state index >= 15 is 0 Å². The summed E-state index contributed by atoms with van der Waals surface area (Å²) in [6.45, 7) is 1.72. The molecule has 0 aromatic heterocycles. The molecule has 0 saturated carbocycles. The molecule has 0 aliphatic carbocycles. The number of anilines is 2. The van der Waals surface area contributed by atoms with E-state index in [1.165, 1.54) is 24.3 Å². The molecule has 1 aliphatic rings. The monoisotopic (exact) mass is 549 g/mol. The van der Waals surface area contributed by atoms with Gasteiger partial charge >= 0.3 is 0 Å². The Morgan fingerprint density at radius 3 is 2.05 bits per heavy atom. The summed E-state index contributed by atoms with van der Waals surface area (Å²) in [4.78, 5) is 50.7. The number of hydrogen-bond acceptors (Lipinski definition) is 7. The number of thioether (sulfide) groups is 1. The third kappa shape index (κ3) is 7.68. The Kier molecular flexibility index (Phi) is 8.95. The quantitative estimate of drug-likeness (QED) is 0.345. The van der Waals surface area contributed by atoms with Gasteiger partial charge in [0.25, 0.3) is 17.1 Å². The van der Waals surface area contributed by atoms with Crippen LogP contribution >= 0.6 is 11.8 Å². The Balaban J connectivity index is 1.28. The summed E-state index contributed by atoms with van der Waals surface area (Å²) in [6.07, 6.45) is 1.54. The van der Waals surface area contributed by atoms with Crippen molar-refractivity contribution in [3.8, 4) is 11.5 Å². The summed E-state index contributed by atoms with van der Waals surface area (Å²) in [5.41, 5.74) is 1.59. The van der Waals surface area contributed by atoms with E-state index in [2.05, 4.69) is 10.6 Å². The lowest BCUT2D eigenvalue weighted by atomic mass is 10.2. The molecule has 4 rings (SSSR count). The molecule has 1 heterocycles. The molecule has 0 spiro atoms. The molecule has 39 heavy (non-hydrogen) atoms. The van der Waals surface area contributed by atoms with Gasteiger partial charge in [0.15, 0.2) is 6.61 Å². The first-order chi connectivity index (χ1) is 18.8. The summed E-state index contributed by atoms with van der Waals surface area (Å²) in [5.74, 6) is -0.804. The molecule has 1 saturated heterocycles. The highest BCUT2D eigenvalue weighted by Crippen LogP contribution is 2.32. The van der Waals surface area contributed by atoms with Gasteiger partial charge in [0, 0.05) is 11.4 Å². The fourth-order valence-corrected chi connectivity index (χ4v) is 4.31. The van der Waals surface area contributed by atoms with Crippen LogP contribution in [0.25, 0.3) is 6.08 Å². The number of imide groups is 1. The zero-order valence-electron chi connectivity index (χ0n) is 20.8. The minimum Gasteiger partial charge on any atom is -0.494 e. The number of carbonyl (C=O) groups excluding carboxylic acids is 4. The number of rotatable bonds is 10. The van der Waals surface area contributed by atoms with Crippen molar-refractivity contribution in [3.63, 3.8) is 0 Å². The van der Waals surface area contributed by atoms with Crippen LogP contribution in [0.1, 0.15) is 12.5 Å². The van der Waals surface area contributed by atoms with Gasteiger partial charge in [-0.3, -0.25) is 24.1 Å². The molecular formula is C28H24FN3O6S. The zero-order valence-corrected chi connectivity index (χ0v) is 21.6. The first-order valence-corrected chi connectivity index (χ1v) is 12.7. The highest BCUT2D eigenvalue weighted by Gasteiger charge is 2.36. The van der Waals surface area contributed by atoms with Crippen LogP contribution in [0, 0.1) is 5.82 Å². The van der Waals surface area contributed by atoms with Crippen molar-refractivity contribution in [1.29, 1.82) is 0 Å². The predicted octanol–water partition coefficient (Wildman–Crippen LogP) is 4.92. The molecule has 0 unspecified atom stereocenters. The minimum atomic E-state index is -0.565. The van der Waals surface area contributed by atoms with E-state index in [4.69, 9.17) is 9.47 Å². The lowest BCUT2D eigenvalue weighted by Gasteiger charge is -2.12. The summed E-state index contributed by atoms with van der Waals surface area (Å²) in [6, 6.07) is 18.7. The number of nitrogens with one attached hydrogen (secondary N) is 2. The van der Waals surface area contributed by atoms with Crippen LogP contribution in [0.4, 0.5) is 20.6 Å². The highest BCUT2D eigenvalue weighted by atomic mass is 32.2. The topological polar surface area (TPSA) is 114 Å². The molecular weight excluding hydrogens is 525 g/mol. The zero-order chi connectivity index (χ0) is 27.8. The number of amides is 4. The number of halogens is 1. The summed E-state index contributed by atoms with van der Waals surface area (Å²) in [5, 5.41) is 4.71.